The molecular weight excluding hydrogens is 142 g/mol. The Hall–Kier alpha value is -0.570. The van der Waals surface area contributed by atoms with E-state index in [2.05, 4.69) is 17.0 Å². The Bertz CT molecular complexity index is 147. The van der Waals surface area contributed by atoms with Crippen molar-refractivity contribution in [2.45, 2.75) is 13.3 Å². The van der Waals surface area contributed by atoms with Crippen LogP contribution in [0.1, 0.15) is 13.3 Å². The second-order valence-corrected chi connectivity index (χ2v) is 3.18. The second kappa shape index (κ2) is 3.72. The van der Waals surface area contributed by atoms with Crippen LogP contribution in [0.25, 0.3) is 0 Å². The summed E-state index contributed by atoms with van der Waals surface area (Å²) in [6.45, 7) is 3.53. The Balaban J connectivity index is 1.92. The molecule has 0 radical (unpaired) electrons. The molecule has 1 N–H and O–H groups in total. The van der Waals surface area contributed by atoms with Crippen molar-refractivity contribution in [1.82, 2.24) is 5.32 Å². The number of esters is 1. The molecule has 1 fully saturated rings. The third-order valence-corrected chi connectivity index (χ3v) is 2.18. The molecule has 0 saturated heterocycles. The fourth-order valence-electron chi connectivity index (χ4n) is 1.12. The molecular formula is C8H15NO2. The first-order chi connectivity index (χ1) is 5.24. The zero-order chi connectivity index (χ0) is 8.27. The Morgan fingerprint density at radius 3 is 2.82 bits per heavy atom. The van der Waals surface area contributed by atoms with Gasteiger partial charge in [0.15, 0.2) is 0 Å². The molecule has 0 heterocycles. The average molecular weight is 157 g/mol. The van der Waals surface area contributed by atoms with Crippen molar-refractivity contribution >= 4 is 5.97 Å². The smallest absolute Gasteiger partial charge is 0.319 e. The minimum absolute atomic E-state index is 0.182. The molecule has 1 saturated carbocycles. The quantitative estimate of drug-likeness (QED) is 0.600. The molecule has 11 heavy (non-hydrogen) atoms. The molecule has 0 aromatic rings. The van der Waals surface area contributed by atoms with Crippen LogP contribution in [0.4, 0.5) is 0 Å². The van der Waals surface area contributed by atoms with Crippen molar-refractivity contribution < 1.29 is 9.53 Å². The lowest BCUT2D eigenvalue weighted by atomic mass is 10.3. The number of hydrogen-bond acceptors (Lipinski definition) is 3. The summed E-state index contributed by atoms with van der Waals surface area (Å²) in [7, 11) is 1.41. The monoisotopic (exact) mass is 157 g/mol. The standard InChI is InChI=1S/C8H15NO2/c1-6-3-7(6)4-9-5-8(10)11-2/h6-7,9H,3-5H2,1-2H3. The van der Waals surface area contributed by atoms with Gasteiger partial charge in [0.2, 0.25) is 0 Å². The van der Waals surface area contributed by atoms with Gasteiger partial charge in [0.25, 0.3) is 0 Å². The largest absolute Gasteiger partial charge is 0.468 e. The van der Waals surface area contributed by atoms with Crippen LogP contribution in [0.2, 0.25) is 0 Å². The molecule has 64 valence electrons. The predicted octanol–water partition coefficient (Wildman–Crippen LogP) is 0.405. The first-order valence-electron chi connectivity index (χ1n) is 4.01. The summed E-state index contributed by atoms with van der Waals surface area (Å²) in [5.74, 6) is 1.46. The molecule has 0 spiro atoms. The average Bonchev–Trinajstić information content (AvgIpc) is 2.66. The fraction of sp³-hybridized carbons (Fsp3) is 0.875. The third-order valence-electron chi connectivity index (χ3n) is 2.18. The van der Waals surface area contributed by atoms with Gasteiger partial charge < -0.3 is 10.1 Å². The predicted molar refractivity (Wildman–Crippen MR) is 42.2 cm³/mol. The van der Waals surface area contributed by atoms with Gasteiger partial charge in [0, 0.05) is 0 Å². The SMILES string of the molecule is COC(=O)CNCC1CC1C. The van der Waals surface area contributed by atoms with Gasteiger partial charge in [-0.05, 0) is 24.8 Å². The normalized spacial score (nSPS) is 28.2. The van der Waals surface area contributed by atoms with Crippen molar-refractivity contribution in [3.05, 3.63) is 0 Å². The number of ether oxygens (including phenoxy) is 1. The number of methoxy groups -OCH3 is 1. The van der Waals surface area contributed by atoms with Gasteiger partial charge in [-0.2, -0.15) is 0 Å². The summed E-state index contributed by atoms with van der Waals surface area (Å²) in [6, 6.07) is 0. The molecule has 3 nitrogen and oxygen atoms in total. The first kappa shape index (κ1) is 8.53. The molecule has 0 bridgehead atoms. The summed E-state index contributed by atoms with van der Waals surface area (Å²) in [6.07, 6.45) is 1.30. The first-order valence-corrected chi connectivity index (χ1v) is 4.01. The lowest BCUT2D eigenvalue weighted by Crippen LogP contribution is -2.25. The number of rotatable bonds is 4. The van der Waals surface area contributed by atoms with Gasteiger partial charge in [-0.15, -0.1) is 0 Å². The van der Waals surface area contributed by atoms with Crippen LogP contribution >= 0.6 is 0 Å². The molecule has 1 aliphatic carbocycles. The van der Waals surface area contributed by atoms with E-state index in [4.69, 9.17) is 0 Å². The van der Waals surface area contributed by atoms with E-state index < -0.39 is 0 Å². The van der Waals surface area contributed by atoms with Crippen molar-refractivity contribution in [2.75, 3.05) is 20.2 Å². The lowest BCUT2D eigenvalue weighted by Gasteiger charge is -2.00. The molecule has 3 heteroatoms. The number of carbonyl (C=O) groups excluding carboxylic acids is 1. The molecule has 2 atom stereocenters. The maximum Gasteiger partial charge on any atom is 0.319 e. The molecule has 1 rings (SSSR count). The van der Waals surface area contributed by atoms with Crippen LogP contribution in [0.15, 0.2) is 0 Å². The summed E-state index contributed by atoms with van der Waals surface area (Å²) < 4.78 is 4.48. The van der Waals surface area contributed by atoms with Crippen molar-refractivity contribution in [1.29, 1.82) is 0 Å². The van der Waals surface area contributed by atoms with Gasteiger partial charge in [-0.25, -0.2) is 0 Å². The highest BCUT2D eigenvalue weighted by molar-refractivity contribution is 5.71. The van der Waals surface area contributed by atoms with E-state index in [1.54, 1.807) is 0 Å². The zero-order valence-electron chi connectivity index (χ0n) is 7.09. The van der Waals surface area contributed by atoms with E-state index in [0.717, 1.165) is 18.4 Å². The molecule has 0 aliphatic heterocycles. The summed E-state index contributed by atoms with van der Waals surface area (Å²) in [5, 5.41) is 3.05. The van der Waals surface area contributed by atoms with E-state index in [1.165, 1.54) is 13.5 Å². The number of nitrogens with one attached hydrogen (secondary N) is 1. The van der Waals surface area contributed by atoms with Gasteiger partial charge >= 0.3 is 5.97 Å². The third kappa shape index (κ3) is 2.89. The Labute approximate surface area is 67.1 Å². The minimum Gasteiger partial charge on any atom is -0.468 e. The highest BCUT2D eigenvalue weighted by Gasteiger charge is 2.31. The number of carbonyl (C=O) groups is 1. The van der Waals surface area contributed by atoms with Gasteiger partial charge in [0.05, 0.1) is 13.7 Å². The zero-order valence-corrected chi connectivity index (χ0v) is 7.09. The molecule has 2 unspecified atom stereocenters. The molecule has 0 aromatic heterocycles. The summed E-state index contributed by atoms with van der Waals surface area (Å²) in [5.41, 5.74) is 0. The van der Waals surface area contributed by atoms with E-state index in [0.29, 0.717) is 6.54 Å². The van der Waals surface area contributed by atoms with Crippen LogP contribution in [0, 0.1) is 11.8 Å². The summed E-state index contributed by atoms with van der Waals surface area (Å²) in [4.78, 5) is 10.6. The van der Waals surface area contributed by atoms with Gasteiger partial charge in [0.1, 0.15) is 0 Å². The van der Waals surface area contributed by atoms with E-state index in [1.807, 2.05) is 0 Å². The number of hydrogen-bond donors (Lipinski definition) is 1. The topological polar surface area (TPSA) is 38.3 Å². The van der Waals surface area contributed by atoms with E-state index in [-0.39, 0.29) is 5.97 Å². The molecule has 0 aromatic carbocycles. The van der Waals surface area contributed by atoms with Crippen molar-refractivity contribution in [2.24, 2.45) is 11.8 Å². The Morgan fingerprint density at radius 1 is 1.73 bits per heavy atom. The maximum atomic E-state index is 10.6. The van der Waals surface area contributed by atoms with Crippen LogP contribution in [-0.4, -0.2) is 26.2 Å². The highest BCUT2D eigenvalue weighted by Crippen LogP contribution is 2.36. The maximum absolute atomic E-state index is 10.6. The Kier molecular flexibility index (Phi) is 2.88. The van der Waals surface area contributed by atoms with Crippen LogP contribution in [0.3, 0.4) is 0 Å². The van der Waals surface area contributed by atoms with Crippen molar-refractivity contribution in [3.8, 4) is 0 Å². The summed E-state index contributed by atoms with van der Waals surface area (Å²) >= 11 is 0. The van der Waals surface area contributed by atoms with Gasteiger partial charge in [-0.1, -0.05) is 6.92 Å². The van der Waals surface area contributed by atoms with Crippen LogP contribution < -0.4 is 5.32 Å². The lowest BCUT2D eigenvalue weighted by molar-refractivity contribution is -0.139. The fourth-order valence-corrected chi connectivity index (χ4v) is 1.12. The van der Waals surface area contributed by atoms with Crippen LogP contribution in [-0.2, 0) is 9.53 Å². The van der Waals surface area contributed by atoms with Gasteiger partial charge in [-0.3, -0.25) is 4.79 Å². The highest BCUT2D eigenvalue weighted by atomic mass is 16.5. The van der Waals surface area contributed by atoms with Crippen molar-refractivity contribution in [3.63, 3.8) is 0 Å². The Morgan fingerprint density at radius 2 is 2.36 bits per heavy atom. The molecule has 1 aliphatic rings. The second-order valence-electron chi connectivity index (χ2n) is 3.18. The molecule has 0 amide bonds. The minimum atomic E-state index is -0.182. The van der Waals surface area contributed by atoms with E-state index >= 15 is 0 Å². The van der Waals surface area contributed by atoms with E-state index in [9.17, 15) is 4.79 Å². The van der Waals surface area contributed by atoms with Crippen LogP contribution in [0.5, 0.6) is 0 Å².